The molecule has 1 aliphatic rings. The normalized spacial score (nSPS) is 13.8. The van der Waals surface area contributed by atoms with Gasteiger partial charge in [-0.25, -0.2) is 9.50 Å². The summed E-state index contributed by atoms with van der Waals surface area (Å²) in [5, 5.41) is 7.49. The number of alkyl halides is 3. The first kappa shape index (κ1) is 26.3. The fourth-order valence-electron chi connectivity index (χ4n) is 4.65. The van der Waals surface area contributed by atoms with Crippen molar-refractivity contribution in [3.8, 4) is 5.75 Å². The minimum absolute atomic E-state index is 0.200. The SMILES string of the molecule is CCc1nn2ccc(C)nc2c1C(=O)NCc1ccc(N(C)C2CN(c3ccc(OC(F)(F)F)cc3)C2)cc1. The van der Waals surface area contributed by atoms with Crippen LogP contribution in [0.25, 0.3) is 5.65 Å². The van der Waals surface area contributed by atoms with Crippen LogP contribution in [0.4, 0.5) is 24.5 Å². The monoisotopic (exact) mass is 538 g/mol. The zero-order valence-corrected chi connectivity index (χ0v) is 21.9. The van der Waals surface area contributed by atoms with E-state index in [1.807, 2.05) is 57.4 Å². The van der Waals surface area contributed by atoms with Gasteiger partial charge < -0.3 is 19.9 Å². The molecule has 1 N–H and O–H groups in total. The van der Waals surface area contributed by atoms with Crippen LogP contribution in [-0.2, 0) is 13.0 Å². The number of hydrogen-bond donors (Lipinski definition) is 1. The van der Waals surface area contributed by atoms with Crippen LogP contribution in [0.15, 0.2) is 60.8 Å². The highest BCUT2D eigenvalue weighted by atomic mass is 19.4. The average molecular weight is 539 g/mol. The summed E-state index contributed by atoms with van der Waals surface area (Å²) in [6.45, 7) is 5.72. The van der Waals surface area contributed by atoms with Crippen molar-refractivity contribution in [1.29, 1.82) is 0 Å². The Morgan fingerprint density at radius 2 is 1.79 bits per heavy atom. The van der Waals surface area contributed by atoms with E-state index in [1.54, 1.807) is 16.6 Å². The predicted molar refractivity (Wildman–Crippen MR) is 142 cm³/mol. The van der Waals surface area contributed by atoms with Crippen molar-refractivity contribution in [1.82, 2.24) is 19.9 Å². The summed E-state index contributed by atoms with van der Waals surface area (Å²) in [5.41, 5.74) is 5.46. The van der Waals surface area contributed by atoms with Crippen LogP contribution in [0, 0.1) is 6.92 Å². The average Bonchev–Trinajstić information content (AvgIpc) is 3.24. The summed E-state index contributed by atoms with van der Waals surface area (Å²) in [6, 6.07) is 16.1. The van der Waals surface area contributed by atoms with Gasteiger partial charge in [-0.3, -0.25) is 4.79 Å². The zero-order valence-electron chi connectivity index (χ0n) is 21.9. The molecule has 0 unspecified atom stereocenters. The van der Waals surface area contributed by atoms with Crippen LogP contribution in [0.1, 0.15) is 34.2 Å². The highest BCUT2D eigenvalue weighted by Crippen LogP contribution is 2.29. The predicted octanol–water partition coefficient (Wildman–Crippen LogP) is 4.75. The number of benzene rings is 2. The fourth-order valence-corrected chi connectivity index (χ4v) is 4.65. The van der Waals surface area contributed by atoms with Crippen molar-refractivity contribution in [3.05, 3.63) is 83.3 Å². The highest BCUT2D eigenvalue weighted by molar-refractivity contribution is 6.01. The van der Waals surface area contributed by atoms with E-state index in [2.05, 4.69) is 29.9 Å². The van der Waals surface area contributed by atoms with Crippen molar-refractivity contribution in [2.75, 3.05) is 29.9 Å². The second-order valence-corrected chi connectivity index (χ2v) is 9.57. The minimum atomic E-state index is -4.70. The third-order valence-corrected chi connectivity index (χ3v) is 6.90. The maximum Gasteiger partial charge on any atom is 0.573 e. The van der Waals surface area contributed by atoms with Gasteiger partial charge in [0.25, 0.3) is 5.91 Å². The van der Waals surface area contributed by atoms with Crippen LogP contribution in [-0.4, -0.2) is 53.0 Å². The van der Waals surface area contributed by atoms with Crippen LogP contribution >= 0.6 is 0 Å². The molecule has 3 heterocycles. The van der Waals surface area contributed by atoms with Gasteiger partial charge in [0.15, 0.2) is 5.65 Å². The maximum atomic E-state index is 13.0. The topological polar surface area (TPSA) is 75.0 Å². The second-order valence-electron chi connectivity index (χ2n) is 9.57. The zero-order chi connectivity index (χ0) is 27.7. The molecule has 0 atom stereocenters. The van der Waals surface area contributed by atoms with Crippen molar-refractivity contribution >= 4 is 22.9 Å². The summed E-state index contributed by atoms with van der Waals surface area (Å²) in [7, 11) is 2.02. The number of nitrogens with one attached hydrogen (secondary N) is 1. The number of ether oxygens (including phenoxy) is 1. The smallest absolute Gasteiger partial charge is 0.406 e. The molecule has 2 aromatic heterocycles. The Balaban J connectivity index is 1.15. The molecule has 0 radical (unpaired) electrons. The number of aromatic nitrogens is 3. The molecular formula is C28H29F3N6O2. The Hall–Kier alpha value is -4.28. The molecule has 1 amide bonds. The highest BCUT2D eigenvalue weighted by Gasteiger charge is 2.32. The number of amides is 1. The molecule has 39 heavy (non-hydrogen) atoms. The Bertz CT molecular complexity index is 1460. The Morgan fingerprint density at radius 1 is 1.10 bits per heavy atom. The van der Waals surface area contributed by atoms with Gasteiger partial charge in [0.1, 0.15) is 11.3 Å². The number of halogens is 3. The number of likely N-dealkylation sites (N-methyl/N-ethyl adjacent to an activating group) is 1. The lowest BCUT2D eigenvalue weighted by atomic mass is 10.0. The molecule has 204 valence electrons. The Kier molecular flexibility index (Phi) is 7.07. The van der Waals surface area contributed by atoms with Crippen LogP contribution in [0.2, 0.25) is 0 Å². The van der Waals surface area contributed by atoms with E-state index in [0.29, 0.717) is 29.9 Å². The molecule has 8 nitrogen and oxygen atoms in total. The summed E-state index contributed by atoms with van der Waals surface area (Å²) in [4.78, 5) is 21.8. The molecule has 11 heteroatoms. The number of aryl methyl sites for hydroxylation is 2. The molecule has 2 aromatic carbocycles. The van der Waals surface area contributed by atoms with E-state index >= 15 is 0 Å². The Morgan fingerprint density at radius 3 is 2.44 bits per heavy atom. The minimum Gasteiger partial charge on any atom is -0.406 e. The van der Waals surface area contributed by atoms with Gasteiger partial charge in [0.2, 0.25) is 0 Å². The van der Waals surface area contributed by atoms with Crippen molar-refractivity contribution in [2.24, 2.45) is 0 Å². The summed E-state index contributed by atoms with van der Waals surface area (Å²) >= 11 is 0. The van der Waals surface area contributed by atoms with E-state index in [-0.39, 0.29) is 17.7 Å². The largest absolute Gasteiger partial charge is 0.573 e. The summed E-state index contributed by atoms with van der Waals surface area (Å²) in [5.74, 6) is -0.429. The van der Waals surface area contributed by atoms with Gasteiger partial charge in [-0.1, -0.05) is 19.1 Å². The van der Waals surface area contributed by atoms with E-state index < -0.39 is 6.36 Å². The molecule has 1 fully saturated rings. The van der Waals surface area contributed by atoms with E-state index in [0.717, 1.165) is 35.7 Å². The van der Waals surface area contributed by atoms with Crippen molar-refractivity contribution in [2.45, 2.75) is 39.2 Å². The molecule has 1 aliphatic heterocycles. The molecule has 1 saturated heterocycles. The number of anilines is 2. The quantitative estimate of drug-likeness (QED) is 0.349. The van der Waals surface area contributed by atoms with Crippen LogP contribution in [0.3, 0.4) is 0 Å². The first-order valence-electron chi connectivity index (χ1n) is 12.7. The molecule has 4 aromatic rings. The van der Waals surface area contributed by atoms with Gasteiger partial charge in [0.05, 0.1) is 11.7 Å². The lowest BCUT2D eigenvalue weighted by Crippen LogP contribution is -2.58. The molecule has 5 rings (SSSR count). The standard InChI is InChI=1S/C28H29F3N6O2/c1-4-24-25(26-33-18(2)13-14-37(26)34-24)27(38)32-15-19-5-7-20(8-6-19)35(3)22-16-36(17-22)21-9-11-23(12-10-21)39-28(29,30)31/h5-14,22H,4,15-17H2,1-3H3,(H,32,38). The Labute approximate surface area is 224 Å². The maximum absolute atomic E-state index is 13.0. The van der Waals surface area contributed by atoms with Crippen LogP contribution in [0.5, 0.6) is 5.75 Å². The van der Waals surface area contributed by atoms with Gasteiger partial charge in [-0.15, -0.1) is 13.2 Å². The molecule has 0 saturated carbocycles. The molecule has 0 spiro atoms. The number of fused-ring (bicyclic) bond motifs is 1. The van der Waals surface area contributed by atoms with Gasteiger partial charge >= 0.3 is 6.36 Å². The first-order valence-corrected chi connectivity index (χ1v) is 12.7. The van der Waals surface area contributed by atoms with Crippen molar-refractivity contribution in [3.63, 3.8) is 0 Å². The van der Waals surface area contributed by atoms with Gasteiger partial charge in [-0.2, -0.15) is 5.10 Å². The lowest BCUT2D eigenvalue weighted by molar-refractivity contribution is -0.274. The van der Waals surface area contributed by atoms with Crippen LogP contribution < -0.4 is 19.9 Å². The van der Waals surface area contributed by atoms with E-state index in [4.69, 9.17) is 0 Å². The van der Waals surface area contributed by atoms with E-state index in [9.17, 15) is 18.0 Å². The third kappa shape index (κ3) is 5.76. The summed E-state index contributed by atoms with van der Waals surface area (Å²) in [6.07, 6.45) is -2.26. The number of rotatable bonds is 8. The first-order chi connectivity index (χ1) is 18.6. The number of hydrogen-bond acceptors (Lipinski definition) is 6. The van der Waals surface area contributed by atoms with Gasteiger partial charge in [0, 0.05) is 49.9 Å². The number of carbonyl (C=O) groups excluding carboxylic acids is 1. The number of nitrogens with zero attached hydrogens (tertiary/aromatic N) is 5. The number of carbonyl (C=O) groups is 1. The molecule has 0 aliphatic carbocycles. The summed E-state index contributed by atoms with van der Waals surface area (Å²) < 4.78 is 42.7. The van der Waals surface area contributed by atoms with Crippen molar-refractivity contribution < 1.29 is 22.7 Å². The lowest BCUT2D eigenvalue weighted by Gasteiger charge is -2.46. The second kappa shape index (κ2) is 10.5. The molecule has 0 bridgehead atoms. The van der Waals surface area contributed by atoms with E-state index in [1.165, 1.54) is 12.1 Å². The molecular weight excluding hydrogens is 509 g/mol. The fraction of sp³-hybridized carbons (Fsp3) is 0.321. The third-order valence-electron chi connectivity index (χ3n) is 6.90. The van der Waals surface area contributed by atoms with Gasteiger partial charge in [-0.05, 0) is 61.4 Å².